The van der Waals surface area contributed by atoms with Gasteiger partial charge in [0.25, 0.3) is 5.78 Å². The molecule has 1 atom stereocenters. The molecule has 222 valence electrons. The summed E-state index contributed by atoms with van der Waals surface area (Å²) < 4.78 is 16.7. The first kappa shape index (κ1) is 30.8. The minimum absolute atomic E-state index is 0.0789. The van der Waals surface area contributed by atoms with Gasteiger partial charge in [0.05, 0.1) is 37.1 Å². The molecule has 2 heterocycles. The summed E-state index contributed by atoms with van der Waals surface area (Å²) in [4.78, 5) is 45.5. The molecule has 0 spiro atoms. The maximum Gasteiger partial charge on any atom is 0.350 e. The van der Waals surface area contributed by atoms with Crippen LogP contribution in [0.15, 0.2) is 54.1 Å². The summed E-state index contributed by atoms with van der Waals surface area (Å²) in [5.74, 6) is -1.29. The molecule has 1 amide bonds. The third kappa shape index (κ3) is 6.65. The van der Waals surface area contributed by atoms with Crippen molar-refractivity contribution in [3.63, 3.8) is 0 Å². The fraction of sp³-hybridized carbons (Fsp3) is 0.375. The number of ketones is 1. The summed E-state index contributed by atoms with van der Waals surface area (Å²) in [5.41, 5.74) is 1.24. The monoisotopic (exact) mass is 592 g/mol. The maximum absolute atomic E-state index is 13.5. The summed E-state index contributed by atoms with van der Waals surface area (Å²) in [5, 5.41) is 11.6. The molecule has 1 aliphatic heterocycles. The molecule has 0 aliphatic carbocycles. The van der Waals surface area contributed by atoms with Crippen LogP contribution >= 0.6 is 11.3 Å². The van der Waals surface area contributed by atoms with Gasteiger partial charge in [0.1, 0.15) is 22.1 Å². The van der Waals surface area contributed by atoms with Crippen molar-refractivity contribution in [2.75, 3.05) is 24.7 Å². The van der Waals surface area contributed by atoms with Gasteiger partial charge in [0.2, 0.25) is 0 Å². The normalized spacial score (nSPS) is 16.1. The van der Waals surface area contributed by atoms with E-state index >= 15 is 0 Å². The van der Waals surface area contributed by atoms with Gasteiger partial charge in [-0.05, 0) is 68.7 Å². The van der Waals surface area contributed by atoms with Crippen molar-refractivity contribution in [3.8, 4) is 11.5 Å². The molecule has 0 radical (unpaired) electrons. The number of amides is 1. The topological polar surface area (TPSA) is 115 Å². The molecule has 2 aromatic carbocycles. The molecule has 4 rings (SSSR count). The van der Waals surface area contributed by atoms with Gasteiger partial charge in [-0.15, -0.1) is 0 Å². The lowest BCUT2D eigenvalue weighted by Crippen LogP contribution is -2.29. The van der Waals surface area contributed by atoms with Crippen molar-refractivity contribution in [2.45, 2.75) is 59.4 Å². The molecule has 1 unspecified atom stereocenters. The number of benzene rings is 2. The van der Waals surface area contributed by atoms with Gasteiger partial charge in [0.15, 0.2) is 5.13 Å². The summed E-state index contributed by atoms with van der Waals surface area (Å²) in [6.45, 7) is 8.83. The second-order valence-corrected chi connectivity index (χ2v) is 10.8. The van der Waals surface area contributed by atoms with Crippen molar-refractivity contribution < 1.29 is 33.7 Å². The fourth-order valence-corrected chi connectivity index (χ4v) is 5.48. The van der Waals surface area contributed by atoms with Gasteiger partial charge in [-0.2, -0.15) is 0 Å². The third-order valence-electron chi connectivity index (χ3n) is 6.75. The number of unbranched alkanes of at least 4 members (excludes halogenated alkanes) is 2. The number of aliphatic hydroxyl groups excluding tert-OH is 1. The minimum Gasteiger partial charge on any atom is -0.507 e. The van der Waals surface area contributed by atoms with Crippen molar-refractivity contribution in [2.24, 2.45) is 0 Å². The van der Waals surface area contributed by atoms with Crippen LogP contribution in [0.1, 0.15) is 79.0 Å². The zero-order chi connectivity index (χ0) is 30.2. The number of esters is 1. The Morgan fingerprint density at radius 2 is 1.50 bits per heavy atom. The van der Waals surface area contributed by atoms with E-state index in [1.54, 1.807) is 62.4 Å². The van der Waals surface area contributed by atoms with E-state index in [-0.39, 0.29) is 27.9 Å². The highest BCUT2D eigenvalue weighted by Crippen LogP contribution is 2.44. The number of Topliss-reactive ketones (excluding diaryl/α,β-unsaturated/α-hetero) is 1. The Balaban J connectivity index is 1.78. The summed E-state index contributed by atoms with van der Waals surface area (Å²) in [6, 6.07) is 12.8. The lowest BCUT2D eigenvalue weighted by molar-refractivity contribution is -0.132. The van der Waals surface area contributed by atoms with Crippen LogP contribution in [0.25, 0.3) is 5.76 Å². The van der Waals surface area contributed by atoms with Gasteiger partial charge < -0.3 is 19.3 Å². The van der Waals surface area contributed by atoms with Crippen LogP contribution in [0.5, 0.6) is 11.5 Å². The average molecular weight is 593 g/mol. The molecular formula is C32H36N2O7S. The lowest BCUT2D eigenvalue weighted by atomic mass is 9.95. The van der Waals surface area contributed by atoms with Crippen molar-refractivity contribution >= 4 is 39.9 Å². The van der Waals surface area contributed by atoms with Crippen molar-refractivity contribution in [1.29, 1.82) is 0 Å². The molecule has 1 saturated heterocycles. The number of hydrogen-bond donors (Lipinski definition) is 1. The Bertz CT molecular complexity index is 1440. The van der Waals surface area contributed by atoms with Gasteiger partial charge in [0, 0.05) is 5.56 Å². The van der Waals surface area contributed by atoms with E-state index in [1.807, 2.05) is 0 Å². The van der Waals surface area contributed by atoms with Crippen molar-refractivity contribution in [1.82, 2.24) is 4.98 Å². The Labute approximate surface area is 249 Å². The van der Waals surface area contributed by atoms with Crippen LogP contribution in [0, 0.1) is 6.92 Å². The van der Waals surface area contributed by atoms with E-state index in [2.05, 4.69) is 18.8 Å². The van der Waals surface area contributed by atoms with E-state index in [0.717, 1.165) is 37.0 Å². The zero-order valence-electron chi connectivity index (χ0n) is 24.3. The Morgan fingerprint density at radius 1 is 0.929 bits per heavy atom. The second-order valence-electron chi connectivity index (χ2n) is 9.80. The quantitative estimate of drug-likeness (QED) is 0.0775. The van der Waals surface area contributed by atoms with E-state index in [4.69, 9.17) is 14.2 Å². The molecule has 1 aromatic heterocycles. The molecule has 1 aliphatic rings. The van der Waals surface area contributed by atoms with E-state index in [9.17, 15) is 19.5 Å². The Hall–Kier alpha value is -4.18. The molecule has 3 aromatic rings. The number of thiazole rings is 1. The molecule has 1 N–H and O–H groups in total. The van der Waals surface area contributed by atoms with Crippen LogP contribution in [0.3, 0.4) is 0 Å². The first-order chi connectivity index (χ1) is 20.3. The Kier molecular flexibility index (Phi) is 10.4. The molecule has 1 fully saturated rings. The fourth-order valence-electron chi connectivity index (χ4n) is 4.50. The Morgan fingerprint density at radius 3 is 2.05 bits per heavy atom. The van der Waals surface area contributed by atoms with Crippen molar-refractivity contribution in [3.05, 3.63) is 75.8 Å². The van der Waals surface area contributed by atoms with Crippen LogP contribution < -0.4 is 14.4 Å². The maximum atomic E-state index is 13.5. The average Bonchev–Trinajstić information content (AvgIpc) is 3.50. The molecule has 42 heavy (non-hydrogen) atoms. The first-order valence-electron chi connectivity index (χ1n) is 14.2. The predicted molar refractivity (Wildman–Crippen MR) is 161 cm³/mol. The zero-order valence-corrected chi connectivity index (χ0v) is 25.2. The van der Waals surface area contributed by atoms with E-state index in [1.165, 1.54) is 4.90 Å². The van der Waals surface area contributed by atoms with Crippen LogP contribution in [0.4, 0.5) is 5.13 Å². The highest BCUT2D eigenvalue weighted by atomic mass is 32.1. The third-order valence-corrected chi connectivity index (χ3v) is 7.89. The molecule has 10 heteroatoms. The summed E-state index contributed by atoms with van der Waals surface area (Å²) in [7, 11) is 0. The molecular weight excluding hydrogens is 556 g/mol. The number of hydrogen-bond acceptors (Lipinski definition) is 9. The first-order valence-corrected chi connectivity index (χ1v) is 15.0. The molecule has 0 saturated carbocycles. The highest BCUT2D eigenvalue weighted by molar-refractivity contribution is 7.17. The van der Waals surface area contributed by atoms with E-state index < -0.39 is 23.7 Å². The number of aryl methyl sites for hydroxylation is 1. The number of aliphatic hydroxyl groups is 1. The SMILES string of the molecule is CCCCOc1ccc(/C(O)=C2/C(=O)C(=O)N(c3nc(C)c(C(=O)OCC)s3)C2c2ccc(OCCCC)cc2)cc1. The van der Waals surface area contributed by atoms with E-state index in [0.29, 0.717) is 41.5 Å². The van der Waals surface area contributed by atoms with Gasteiger partial charge in [-0.3, -0.25) is 14.5 Å². The number of anilines is 1. The minimum atomic E-state index is -0.990. The summed E-state index contributed by atoms with van der Waals surface area (Å²) in [6.07, 6.45) is 3.84. The molecule has 9 nitrogen and oxygen atoms in total. The van der Waals surface area contributed by atoms with Crippen LogP contribution in [-0.2, 0) is 14.3 Å². The van der Waals surface area contributed by atoms with Gasteiger partial charge in [-0.25, -0.2) is 9.78 Å². The molecule has 0 bridgehead atoms. The number of aromatic nitrogens is 1. The number of ether oxygens (including phenoxy) is 3. The second kappa shape index (κ2) is 14.1. The smallest absolute Gasteiger partial charge is 0.350 e. The highest BCUT2D eigenvalue weighted by Gasteiger charge is 2.48. The standard InChI is InChI=1S/C32H36N2O7S/c1-5-8-18-40-23-14-10-21(11-15-23)26-25(27(35)22-12-16-24(17-13-22)41-19-9-6-2)28(36)30(37)34(26)32-33-20(4)29(42-32)31(38)39-7-3/h10-17,26,35H,5-9,18-19H2,1-4H3/b27-25-. The largest absolute Gasteiger partial charge is 0.507 e. The van der Waals surface area contributed by atoms with Crippen LogP contribution in [-0.4, -0.2) is 47.6 Å². The van der Waals surface area contributed by atoms with Crippen LogP contribution in [0.2, 0.25) is 0 Å². The lowest BCUT2D eigenvalue weighted by Gasteiger charge is -2.23. The number of carbonyl (C=O) groups is 3. The predicted octanol–water partition coefficient (Wildman–Crippen LogP) is 6.61. The summed E-state index contributed by atoms with van der Waals surface area (Å²) >= 11 is 0.968. The van der Waals surface area contributed by atoms with Gasteiger partial charge in [-0.1, -0.05) is 50.2 Å². The number of carbonyl (C=O) groups excluding carboxylic acids is 3. The van der Waals surface area contributed by atoms with Gasteiger partial charge >= 0.3 is 11.9 Å². The number of rotatable bonds is 13. The number of nitrogens with zero attached hydrogens (tertiary/aromatic N) is 2.